The first-order valence-electron chi connectivity index (χ1n) is 8.73. The van der Waals surface area contributed by atoms with Gasteiger partial charge in [0.25, 0.3) is 11.5 Å². The molecule has 4 rings (SSSR count). The monoisotopic (exact) mass is 391 g/mol. The number of carbonyl (C=O) groups is 2. The molecule has 0 saturated carbocycles. The largest absolute Gasteiger partial charge is 0.482 e. The highest BCUT2D eigenvalue weighted by Gasteiger charge is 2.16. The number of H-pyrrole nitrogens is 1. The van der Waals surface area contributed by atoms with Crippen LogP contribution >= 0.6 is 0 Å². The van der Waals surface area contributed by atoms with Crippen molar-refractivity contribution in [1.82, 2.24) is 15.3 Å². The number of fused-ring (bicyclic) bond motifs is 2. The van der Waals surface area contributed by atoms with Crippen molar-refractivity contribution in [3.05, 3.63) is 70.3 Å². The fourth-order valence-corrected chi connectivity index (χ4v) is 2.97. The lowest BCUT2D eigenvalue weighted by Gasteiger charge is -2.19. The Morgan fingerprint density at radius 3 is 2.86 bits per heavy atom. The fourth-order valence-electron chi connectivity index (χ4n) is 2.97. The molecule has 2 amide bonds. The molecule has 0 unspecified atom stereocenters. The number of aromatic amines is 1. The smallest absolute Gasteiger partial charge is 0.262 e. The number of anilines is 1. The van der Waals surface area contributed by atoms with Crippen molar-refractivity contribution in [1.29, 1.82) is 0 Å². The van der Waals surface area contributed by atoms with Crippen LogP contribution in [-0.2, 0) is 11.3 Å². The second-order valence-electron chi connectivity index (χ2n) is 6.51. The number of nitrogens with one attached hydrogen (secondary N) is 3. The first kappa shape index (κ1) is 18.2. The van der Waals surface area contributed by atoms with Crippen LogP contribution in [0.25, 0.3) is 16.6 Å². The first-order valence-corrected chi connectivity index (χ1v) is 8.73. The minimum Gasteiger partial charge on any atom is -0.482 e. The molecule has 0 radical (unpaired) electrons. The van der Waals surface area contributed by atoms with E-state index in [-0.39, 0.29) is 29.5 Å². The molecule has 0 spiro atoms. The summed E-state index contributed by atoms with van der Waals surface area (Å²) in [5.41, 5.74) is 7.41. The number of ether oxygens (including phenoxy) is 1. The van der Waals surface area contributed by atoms with Crippen molar-refractivity contribution in [3.8, 4) is 5.75 Å². The van der Waals surface area contributed by atoms with Gasteiger partial charge in [-0.15, -0.1) is 0 Å². The van der Waals surface area contributed by atoms with E-state index in [2.05, 4.69) is 27.2 Å². The number of nitrogens with zero attached hydrogens (tertiary/aromatic N) is 1. The van der Waals surface area contributed by atoms with Crippen LogP contribution in [0.3, 0.4) is 0 Å². The predicted octanol–water partition coefficient (Wildman–Crippen LogP) is 1.11. The van der Waals surface area contributed by atoms with Gasteiger partial charge in [0.15, 0.2) is 12.4 Å². The van der Waals surface area contributed by atoms with Gasteiger partial charge in [0.05, 0.1) is 22.3 Å². The van der Waals surface area contributed by atoms with Crippen LogP contribution < -0.4 is 26.7 Å². The van der Waals surface area contributed by atoms with Crippen molar-refractivity contribution in [3.63, 3.8) is 0 Å². The molecule has 5 N–H and O–H groups in total. The van der Waals surface area contributed by atoms with Gasteiger partial charge in [-0.1, -0.05) is 12.6 Å². The number of hydrogen-bond acceptors (Lipinski definition) is 6. The third kappa shape index (κ3) is 3.65. The number of nitrogens with two attached hydrogens (primary N) is 1. The van der Waals surface area contributed by atoms with E-state index in [1.165, 1.54) is 18.2 Å². The summed E-state index contributed by atoms with van der Waals surface area (Å²) < 4.78 is 5.33. The number of amides is 2. The van der Waals surface area contributed by atoms with E-state index in [0.717, 1.165) is 5.56 Å². The maximum absolute atomic E-state index is 12.3. The van der Waals surface area contributed by atoms with Crippen LogP contribution in [0.15, 0.2) is 47.8 Å². The molecule has 2 heterocycles. The highest BCUT2D eigenvalue weighted by atomic mass is 16.5. The molecule has 2 aromatic carbocycles. The third-order valence-electron chi connectivity index (χ3n) is 4.46. The minimum absolute atomic E-state index is 0.000132. The van der Waals surface area contributed by atoms with Gasteiger partial charge >= 0.3 is 0 Å². The Morgan fingerprint density at radius 2 is 2.07 bits per heavy atom. The van der Waals surface area contributed by atoms with Gasteiger partial charge in [0.1, 0.15) is 5.75 Å². The van der Waals surface area contributed by atoms with Gasteiger partial charge in [-0.3, -0.25) is 14.4 Å². The summed E-state index contributed by atoms with van der Waals surface area (Å²) in [7, 11) is 0. The second kappa shape index (κ2) is 7.12. The van der Waals surface area contributed by atoms with Crippen LogP contribution in [0.1, 0.15) is 21.7 Å². The quantitative estimate of drug-likeness (QED) is 0.514. The van der Waals surface area contributed by atoms with Gasteiger partial charge in [0, 0.05) is 12.1 Å². The highest BCUT2D eigenvalue weighted by molar-refractivity contribution is 5.97. The lowest BCUT2D eigenvalue weighted by atomic mass is 10.1. The second-order valence-corrected chi connectivity index (χ2v) is 6.51. The Hall–Kier alpha value is -4.14. The van der Waals surface area contributed by atoms with E-state index >= 15 is 0 Å². The van der Waals surface area contributed by atoms with Gasteiger partial charge in [-0.05, 0) is 35.9 Å². The molecule has 9 heteroatoms. The number of hydrogen-bond donors (Lipinski definition) is 4. The lowest BCUT2D eigenvalue weighted by Crippen LogP contribution is -2.25. The summed E-state index contributed by atoms with van der Waals surface area (Å²) in [4.78, 5) is 42.2. The lowest BCUT2D eigenvalue weighted by molar-refractivity contribution is -0.118. The van der Waals surface area contributed by atoms with Crippen molar-refractivity contribution in [2.45, 2.75) is 6.54 Å². The van der Waals surface area contributed by atoms with E-state index in [0.29, 0.717) is 34.6 Å². The summed E-state index contributed by atoms with van der Waals surface area (Å²) in [6.07, 6.45) is 0. The average Bonchev–Trinajstić information content (AvgIpc) is 2.71. The maximum atomic E-state index is 12.3. The zero-order valence-electron chi connectivity index (χ0n) is 15.2. The van der Waals surface area contributed by atoms with E-state index < -0.39 is 5.91 Å². The molecule has 1 aromatic heterocycles. The number of aromatic nitrogens is 2. The highest BCUT2D eigenvalue weighted by Crippen LogP contribution is 2.28. The number of primary amides is 1. The van der Waals surface area contributed by atoms with Crippen LogP contribution in [0.4, 0.5) is 5.69 Å². The molecule has 1 aliphatic rings. The molecule has 29 heavy (non-hydrogen) atoms. The normalized spacial score (nSPS) is 12.6. The number of rotatable bonds is 5. The summed E-state index contributed by atoms with van der Waals surface area (Å²) >= 11 is 0. The van der Waals surface area contributed by atoms with Crippen LogP contribution in [0, 0.1) is 0 Å². The Balaban J connectivity index is 1.55. The van der Waals surface area contributed by atoms with Gasteiger partial charge in [0.2, 0.25) is 5.91 Å². The average molecular weight is 391 g/mol. The maximum Gasteiger partial charge on any atom is 0.262 e. The Morgan fingerprint density at radius 1 is 1.24 bits per heavy atom. The molecule has 9 nitrogen and oxygen atoms in total. The molecular weight excluding hydrogens is 374 g/mol. The van der Waals surface area contributed by atoms with Crippen molar-refractivity contribution < 1.29 is 14.3 Å². The fraction of sp³-hybridized carbons (Fsp3) is 0.100. The van der Waals surface area contributed by atoms with Crippen LogP contribution in [-0.4, -0.2) is 28.4 Å². The molecular formula is C20H17N5O4. The SMILES string of the molecule is C=C(NCc1ccc2c(c1)NC(=O)CO2)c1nc2cc(C(N)=O)ccc2c(=O)[nH]1. The predicted molar refractivity (Wildman–Crippen MR) is 107 cm³/mol. The van der Waals surface area contributed by atoms with Crippen LogP contribution in [0.2, 0.25) is 0 Å². The Labute approximate surface area is 164 Å². The van der Waals surface area contributed by atoms with Crippen molar-refractivity contribution >= 4 is 34.1 Å². The summed E-state index contributed by atoms with van der Waals surface area (Å²) in [5, 5.41) is 6.18. The first-order chi connectivity index (χ1) is 13.9. The summed E-state index contributed by atoms with van der Waals surface area (Å²) in [6, 6.07) is 9.87. The topological polar surface area (TPSA) is 139 Å². The van der Waals surface area contributed by atoms with Crippen molar-refractivity contribution in [2.24, 2.45) is 5.73 Å². The minimum atomic E-state index is -0.601. The van der Waals surface area contributed by atoms with E-state index in [1.54, 1.807) is 12.1 Å². The zero-order chi connectivity index (χ0) is 20.5. The van der Waals surface area contributed by atoms with E-state index in [4.69, 9.17) is 10.5 Å². The molecule has 0 saturated heterocycles. The third-order valence-corrected chi connectivity index (χ3v) is 4.46. The van der Waals surface area contributed by atoms with Gasteiger partial charge in [-0.25, -0.2) is 4.98 Å². The number of benzene rings is 2. The van der Waals surface area contributed by atoms with Crippen LogP contribution in [0.5, 0.6) is 5.75 Å². The van der Waals surface area contributed by atoms with Crippen molar-refractivity contribution in [2.75, 3.05) is 11.9 Å². The summed E-state index contributed by atoms with van der Waals surface area (Å²) in [6.45, 7) is 4.30. The van der Waals surface area contributed by atoms with Gasteiger partial charge < -0.3 is 26.1 Å². The standard InChI is InChI=1S/C20H17N5O4/c1-10(22-8-11-2-5-16-15(6-11)23-17(26)9-29-16)19-24-14-7-12(18(21)27)3-4-13(14)20(28)25-19/h2-7,22H,1,8-9H2,(H2,21,27)(H,23,26)(H,24,25,28). The molecule has 3 aromatic rings. The molecule has 0 atom stereocenters. The summed E-state index contributed by atoms with van der Waals surface area (Å²) in [5.74, 6) is 0.0490. The molecule has 1 aliphatic heterocycles. The Bertz CT molecular complexity index is 1230. The molecule has 0 aliphatic carbocycles. The Kier molecular flexibility index (Phi) is 4.47. The zero-order valence-corrected chi connectivity index (χ0v) is 15.2. The molecule has 146 valence electrons. The van der Waals surface area contributed by atoms with E-state index in [9.17, 15) is 14.4 Å². The van der Waals surface area contributed by atoms with Gasteiger partial charge in [-0.2, -0.15) is 0 Å². The molecule has 0 fully saturated rings. The van der Waals surface area contributed by atoms with E-state index in [1.807, 2.05) is 6.07 Å². The number of carbonyl (C=O) groups excluding carboxylic acids is 2. The molecule has 0 bridgehead atoms.